The Morgan fingerprint density at radius 3 is 2.54 bits per heavy atom. The monoisotopic (exact) mass is 182 g/mol. The molecule has 0 aromatic carbocycles. The smallest absolute Gasteiger partial charge is 0.322 e. The first-order valence-corrected chi connectivity index (χ1v) is 4.60. The number of rotatable bonds is 1. The summed E-state index contributed by atoms with van der Waals surface area (Å²) in [5.41, 5.74) is 0. The molecule has 1 rings (SSSR count). The highest BCUT2D eigenvalue weighted by Gasteiger charge is 2.21. The third kappa shape index (κ3) is 2.67. The van der Waals surface area contributed by atoms with Crippen molar-refractivity contribution in [3.8, 4) is 0 Å². The Morgan fingerprint density at radius 1 is 1.38 bits per heavy atom. The highest BCUT2D eigenvalue weighted by Crippen LogP contribution is 2.21. The molecule has 4 nitrogen and oxygen atoms in total. The van der Waals surface area contributed by atoms with E-state index in [1.54, 1.807) is 11.9 Å². The molecule has 0 spiro atoms. The molecule has 0 atom stereocenters. The molecule has 1 aliphatic carbocycles. The number of aliphatic imine (C=N–C) groups is 1. The topological polar surface area (TPSA) is 49.7 Å². The maximum atomic E-state index is 11.1. The summed E-state index contributed by atoms with van der Waals surface area (Å²) in [5.74, 6) is 0. The van der Waals surface area contributed by atoms with Crippen LogP contribution in [0.25, 0.3) is 0 Å². The van der Waals surface area contributed by atoms with Gasteiger partial charge in [-0.2, -0.15) is 0 Å². The molecule has 72 valence electrons. The van der Waals surface area contributed by atoms with Crippen LogP contribution in [0.2, 0.25) is 0 Å². The predicted molar refractivity (Wildman–Crippen MR) is 48.2 cm³/mol. The van der Waals surface area contributed by atoms with Crippen molar-refractivity contribution in [2.24, 2.45) is 4.99 Å². The Kier molecular flexibility index (Phi) is 3.65. The summed E-state index contributed by atoms with van der Waals surface area (Å²) in [7, 11) is 1.69. The Bertz CT molecular complexity index is 228. The molecule has 4 heteroatoms. The van der Waals surface area contributed by atoms with Crippen LogP contribution in [0, 0.1) is 0 Å². The van der Waals surface area contributed by atoms with Gasteiger partial charge in [0.25, 0.3) is 0 Å². The van der Waals surface area contributed by atoms with Crippen molar-refractivity contribution in [1.82, 2.24) is 4.90 Å². The Labute approximate surface area is 77.6 Å². The second-order valence-corrected chi connectivity index (χ2v) is 3.39. The van der Waals surface area contributed by atoms with Crippen LogP contribution >= 0.6 is 0 Å². The fourth-order valence-electron chi connectivity index (χ4n) is 1.74. The van der Waals surface area contributed by atoms with E-state index in [0.717, 1.165) is 25.7 Å². The fourth-order valence-corrected chi connectivity index (χ4v) is 1.74. The first-order valence-electron chi connectivity index (χ1n) is 4.60. The summed E-state index contributed by atoms with van der Waals surface area (Å²) in [6.45, 7) is 0. The maximum Gasteiger partial charge on any atom is 0.354 e. The second-order valence-electron chi connectivity index (χ2n) is 3.39. The van der Waals surface area contributed by atoms with Gasteiger partial charge in [0, 0.05) is 13.1 Å². The lowest BCUT2D eigenvalue weighted by atomic mass is 9.95. The van der Waals surface area contributed by atoms with Gasteiger partial charge >= 0.3 is 6.03 Å². The lowest BCUT2D eigenvalue weighted by Gasteiger charge is -2.29. The minimum absolute atomic E-state index is 0.262. The average Bonchev–Trinajstić information content (AvgIpc) is 2.18. The van der Waals surface area contributed by atoms with Crippen LogP contribution in [0.3, 0.4) is 0 Å². The van der Waals surface area contributed by atoms with Crippen molar-refractivity contribution in [1.29, 1.82) is 0 Å². The summed E-state index contributed by atoms with van der Waals surface area (Å²) >= 11 is 0. The molecule has 2 amide bonds. The number of amides is 2. The first kappa shape index (κ1) is 9.93. The summed E-state index contributed by atoms with van der Waals surface area (Å²) < 4.78 is 0. The van der Waals surface area contributed by atoms with Crippen molar-refractivity contribution in [3.05, 3.63) is 0 Å². The zero-order valence-electron chi connectivity index (χ0n) is 7.82. The lowest BCUT2D eigenvalue weighted by Crippen LogP contribution is -2.36. The van der Waals surface area contributed by atoms with E-state index in [0.29, 0.717) is 0 Å². The third-order valence-corrected chi connectivity index (χ3v) is 2.57. The van der Waals surface area contributed by atoms with E-state index >= 15 is 0 Å². The normalized spacial score (nSPS) is 17.6. The lowest BCUT2D eigenvalue weighted by molar-refractivity contribution is 0.183. The zero-order valence-corrected chi connectivity index (χ0v) is 7.82. The number of urea groups is 1. The Hall–Kier alpha value is -1.15. The molecular formula is C9H14N2O2. The van der Waals surface area contributed by atoms with Gasteiger partial charge in [-0.05, 0) is 12.8 Å². The molecule has 0 saturated heterocycles. The third-order valence-electron chi connectivity index (χ3n) is 2.57. The molecule has 13 heavy (non-hydrogen) atoms. The SMILES string of the molecule is CN(C(=O)N=C=O)C1CCCCC1. The van der Waals surface area contributed by atoms with E-state index in [1.807, 2.05) is 0 Å². The number of isocyanates is 1. The molecule has 0 unspecified atom stereocenters. The molecule has 1 aliphatic rings. The fraction of sp³-hybridized carbons (Fsp3) is 0.778. The van der Waals surface area contributed by atoms with Gasteiger partial charge in [-0.15, -0.1) is 4.99 Å². The summed E-state index contributed by atoms with van der Waals surface area (Å²) in [6.07, 6.45) is 6.89. The predicted octanol–water partition coefficient (Wildman–Crippen LogP) is 1.71. The van der Waals surface area contributed by atoms with E-state index in [4.69, 9.17) is 0 Å². The van der Waals surface area contributed by atoms with Crippen LogP contribution in [0.1, 0.15) is 32.1 Å². The van der Waals surface area contributed by atoms with Gasteiger partial charge in [0.15, 0.2) is 0 Å². The molecule has 0 bridgehead atoms. The van der Waals surface area contributed by atoms with E-state index in [9.17, 15) is 9.59 Å². The van der Waals surface area contributed by atoms with Gasteiger partial charge in [0.05, 0.1) is 0 Å². The van der Waals surface area contributed by atoms with Crippen molar-refractivity contribution >= 4 is 12.1 Å². The second kappa shape index (κ2) is 4.77. The number of hydrogen-bond acceptors (Lipinski definition) is 2. The van der Waals surface area contributed by atoms with Gasteiger partial charge in [0.1, 0.15) is 0 Å². The molecule has 1 saturated carbocycles. The van der Waals surface area contributed by atoms with Gasteiger partial charge in [0.2, 0.25) is 6.08 Å². The molecule has 0 heterocycles. The molecular weight excluding hydrogens is 168 g/mol. The summed E-state index contributed by atoms with van der Waals surface area (Å²) in [5, 5.41) is 0. The molecule has 0 aliphatic heterocycles. The highest BCUT2D eigenvalue weighted by atomic mass is 16.2. The van der Waals surface area contributed by atoms with Crippen LogP contribution in [0.5, 0.6) is 0 Å². The summed E-state index contributed by atoms with van der Waals surface area (Å²) in [6, 6.07) is -0.208. The number of hydrogen-bond donors (Lipinski definition) is 0. The van der Waals surface area contributed by atoms with Crippen molar-refractivity contribution < 1.29 is 9.59 Å². The zero-order chi connectivity index (χ0) is 9.68. The number of nitrogens with zero attached hydrogens (tertiary/aromatic N) is 2. The molecule has 0 aromatic heterocycles. The van der Waals surface area contributed by atoms with E-state index in [2.05, 4.69) is 4.99 Å². The van der Waals surface area contributed by atoms with Crippen molar-refractivity contribution in [3.63, 3.8) is 0 Å². The van der Waals surface area contributed by atoms with E-state index in [1.165, 1.54) is 12.5 Å². The molecule has 0 radical (unpaired) electrons. The average molecular weight is 182 g/mol. The van der Waals surface area contributed by atoms with Crippen molar-refractivity contribution in [2.75, 3.05) is 7.05 Å². The van der Waals surface area contributed by atoms with Crippen LogP contribution in [0.15, 0.2) is 4.99 Å². The standard InChI is InChI=1S/C9H14N2O2/c1-11(9(13)10-7-12)8-5-3-2-4-6-8/h8H,2-6H2,1H3. The van der Waals surface area contributed by atoms with E-state index < -0.39 is 6.03 Å². The Morgan fingerprint density at radius 2 is 2.00 bits per heavy atom. The van der Waals surface area contributed by atoms with Crippen LogP contribution in [-0.2, 0) is 4.79 Å². The first-order chi connectivity index (χ1) is 6.25. The van der Waals surface area contributed by atoms with Gasteiger partial charge in [-0.3, -0.25) is 0 Å². The molecule has 0 N–H and O–H groups in total. The van der Waals surface area contributed by atoms with E-state index in [-0.39, 0.29) is 6.04 Å². The van der Waals surface area contributed by atoms with Crippen LogP contribution in [0.4, 0.5) is 4.79 Å². The van der Waals surface area contributed by atoms with Gasteiger partial charge in [-0.25, -0.2) is 9.59 Å². The molecule has 1 fully saturated rings. The number of carbonyl (C=O) groups excluding carboxylic acids is 2. The maximum absolute atomic E-state index is 11.1. The number of carbonyl (C=O) groups is 1. The van der Waals surface area contributed by atoms with Crippen molar-refractivity contribution in [2.45, 2.75) is 38.1 Å². The quantitative estimate of drug-likeness (QED) is 0.458. The Balaban J connectivity index is 2.49. The highest BCUT2D eigenvalue weighted by molar-refractivity contribution is 5.79. The van der Waals surface area contributed by atoms with Crippen LogP contribution in [-0.4, -0.2) is 30.1 Å². The minimum atomic E-state index is -0.470. The minimum Gasteiger partial charge on any atom is -0.322 e. The largest absolute Gasteiger partial charge is 0.354 e. The molecule has 0 aromatic rings. The van der Waals surface area contributed by atoms with Crippen LogP contribution < -0.4 is 0 Å². The van der Waals surface area contributed by atoms with Gasteiger partial charge in [-0.1, -0.05) is 19.3 Å². The van der Waals surface area contributed by atoms with Gasteiger partial charge < -0.3 is 4.90 Å². The summed E-state index contributed by atoms with van der Waals surface area (Å²) in [4.78, 5) is 25.6.